The van der Waals surface area contributed by atoms with Crippen LogP contribution in [0.2, 0.25) is 0 Å². The summed E-state index contributed by atoms with van der Waals surface area (Å²) in [4.78, 5) is 1.65. The molecule has 0 amide bonds. The molecule has 2 aromatic rings. The monoisotopic (exact) mass is 187 g/mol. The third-order valence-electron chi connectivity index (χ3n) is 2.18. The Morgan fingerprint density at radius 2 is 1.93 bits per heavy atom. The lowest BCUT2D eigenvalue weighted by Crippen LogP contribution is -1.98. The van der Waals surface area contributed by atoms with Gasteiger partial charge in [-0.1, -0.05) is 19.1 Å². The Labute approximate surface area is 83.4 Å². The number of hydrogen-bond donors (Lipinski definition) is 0. The minimum absolute atomic E-state index is 0.935. The van der Waals surface area contributed by atoms with Gasteiger partial charge in [-0.2, -0.15) is 15.0 Å². The fraction of sp³-hybridized carbons (Fsp3) is 0.273. The van der Waals surface area contributed by atoms with Gasteiger partial charge in [-0.15, -0.1) is 0 Å². The summed E-state index contributed by atoms with van der Waals surface area (Å²) in [6.07, 6.45) is 2.82. The molecule has 0 unspecified atom stereocenters. The van der Waals surface area contributed by atoms with Crippen LogP contribution in [0, 0.1) is 6.92 Å². The molecule has 1 aromatic carbocycles. The first-order chi connectivity index (χ1) is 6.79. The Hall–Kier alpha value is -1.64. The van der Waals surface area contributed by atoms with Crippen molar-refractivity contribution in [1.29, 1.82) is 0 Å². The van der Waals surface area contributed by atoms with E-state index in [1.165, 1.54) is 5.56 Å². The van der Waals surface area contributed by atoms with Gasteiger partial charge in [0.25, 0.3) is 0 Å². The van der Waals surface area contributed by atoms with Gasteiger partial charge in [-0.3, -0.25) is 0 Å². The minimum atomic E-state index is 0.935. The minimum Gasteiger partial charge on any atom is -0.157 e. The van der Waals surface area contributed by atoms with Gasteiger partial charge in [0.1, 0.15) is 0 Å². The Kier molecular flexibility index (Phi) is 2.31. The van der Waals surface area contributed by atoms with Gasteiger partial charge in [-0.05, 0) is 31.0 Å². The summed E-state index contributed by atoms with van der Waals surface area (Å²) < 4.78 is 0. The molecule has 0 fully saturated rings. The predicted molar refractivity (Wildman–Crippen MR) is 55.5 cm³/mol. The van der Waals surface area contributed by atoms with E-state index in [4.69, 9.17) is 0 Å². The van der Waals surface area contributed by atoms with Gasteiger partial charge in [0.2, 0.25) is 0 Å². The van der Waals surface area contributed by atoms with E-state index in [9.17, 15) is 0 Å². The fourth-order valence-electron chi connectivity index (χ4n) is 1.33. The van der Waals surface area contributed by atoms with Crippen LogP contribution in [0.4, 0.5) is 0 Å². The van der Waals surface area contributed by atoms with Crippen LogP contribution in [-0.2, 0) is 6.42 Å². The van der Waals surface area contributed by atoms with Crippen molar-refractivity contribution in [1.82, 2.24) is 15.0 Å². The maximum Gasteiger partial charge on any atom is 0.0856 e. The first kappa shape index (κ1) is 8.94. The number of hydrogen-bond acceptors (Lipinski definition) is 2. The highest BCUT2D eigenvalue weighted by Crippen LogP contribution is 2.08. The summed E-state index contributed by atoms with van der Waals surface area (Å²) in [7, 11) is 0. The molecule has 0 radical (unpaired) electrons. The lowest BCUT2D eigenvalue weighted by Gasteiger charge is -2.00. The van der Waals surface area contributed by atoms with Crippen molar-refractivity contribution in [3.63, 3.8) is 0 Å². The van der Waals surface area contributed by atoms with Crippen molar-refractivity contribution in [3.05, 3.63) is 41.7 Å². The molecule has 0 aliphatic rings. The van der Waals surface area contributed by atoms with Crippen molar-refractivity contribution < 1.29 is 0 Å². The summed E-state index contributed by atoms with van der Waals surface area (Å²) in [6, 6.07) is 8.29. The van der Waals surface area contributed by atoms with Crippen LogP contribution in [0.15, 0.2) is 30.5 Å². The van der Waals surface area contributed by atoms with Crippen molar-refractivity contribution in [2.45, 2.75) is 20.3 Å². The molecule has 3 heteroatoms. The number of rotatable bonds is 2. The second-order valence-corrected chi connectivity index (χ2v) is 3.30. The van der Waals surface area contributed by atoms with Crippen LogP contribution in [0.1, 0.15) is 18.2 Å². The summed E-state index contributed by atoms with van der Waals surface area (Å²) in [5.74, 6) is 0. The molecule has 0 aliphatic carbocycles. The molecule has 0 bridgehead atoms. The van der Waals surface area contributed by atoms with Crippen molar-refractivity contribution >= 4 is 0 Å². The smallest absolute Gasteiger partial charge is 0.0856 e. The largest absolute Gasteiger partial charge is 0.157 e. The van der Waals surface area contributed by atoms with E-state index in [0.29, 0.717) is 0 Å². The van der Waals surface area contributed by atoms with E-state index in [1.807, 2.05) is 19.1 Å². The van der Waals surface area contributed by atoms with E-state index < -0.39 is 0 Å². The molecule has 0 saturated heterocycles. The average Bonchev–Trinajstić information content (AvgIpc) is 2.65. The molecule has 2 rings (SSSR count). The number of benzene rings is 1. The zero-order valence-corrected chi connectivity index (χ0v) is 8.44. The highest BCUT2D eigenvalue weighted by atomic mass is 15.5. The normalized spacial score (nSPS) is 10.4. The standard InChI is InChI=1S/C11H13N3/c1-3-10-4-6-11(7-5-10)14-12-8-9(2)13-14/h4-8H,3H2,1-2H3. The quantitative estimate of drug-likeness (QED) is 0.721. The van der Waals surface area contributed by atoms with E-state index in [1.54, 1.807) is 11.0 Å². The third-order valence-corrected chi connectivity index (χ3v) is 2.18. The maximum absolute atomic E-state index is 4.24. The van der Waals surface area contributed by atoms with Gasteiger partial charge in [0, 0.05) is 0 Å². The summed E-state index contributed by atoms with van der Waals surface area (Å²) in [6.45, 7) is 4.08. The van der Waals surface area contributed by atoms with Crippen LogP contribution < -0.4 is 0 Å². The van der Waals surface area contributed by atoms with Crippen molar-refractivity contribution in [3.8, 4) is 5.69 Å². The molecule has 14 heavy (non-hydrogen) atoms. The van der Waals surface area contributed by atoms with Gasteiger partial charge in [0.05, 0.1) is 17.6 Å². The number of aryl methyl sites for hydroxylation is 2. The van der Waals surface area contributed by atoms with Crippen molar-refractivity contribution in [2.24, 2.45) is 0 Å². The molecule has 1 heterocycles. The van der Waals surface area contributed by atoms with Gasteiger partial charge in [-0.25, -0.2) is 0 Å². The highest BCUT2D eigenvalue weighted by molar-refractivity contribution is 5.32. The Bertz CT molecular complexity index is 414. The van der Waals surface area contributed by atoms with E-state index in [0.717, 1.165) is 17.8 Å². The first-order valence-electron chi connectivity index (χ1n) is 4.78. The van der Waals surface area contributed by atoms with Gasteiger partial charge in [0.15, 0.2) is 0 Å². The van der Waals surface area contributed by atoms with Crippen LogP contribution >= 0.6 is 0 Å². The first-order valence-corrected chi connectivity index (χ1v) is 4.78. The van der Waals surface area contributed by atoms with Crippen LogP contribution in [0.25, 0.3) is 5.69 Å². The molecule has 1 aromatic heterocycles. The SMILES string of the molecule is CCc1ccc(-n2ncc(C)n2)cc1. The van der Waals surface area contributed by atoms with Gasteiger partial charge < -0.3 is 0 Å². The van der Waals surface area contributed by atoms with E-state index in [-0.39, 0.29) is 0 Å². The zero-order valence-electron chi connectivity index (χ0n) is 8.44. The number of aromatic nitrogens is 3. The second-order valence-electron chi connectivity index (χ2n) is 3.30. The van der Waals surface area contributed by atoms with E-state index >= 15 is 0 Å². The molecular formula is C11H13N3. The van der Waals surface area contributed by atoms with E-state index in [2.05, 4.69) is 29.3 Å². The molecule has 0 atom stereocenters. The Balaban J connectivity index is 2.33. The Morgan fingerprint density at radius 1 is 1.21 bits per heavy atom. The molecule has 0 saturated carbocycles. The lowest BCUT2D eigenvalue weighted by molar-refractivity contribution is 0.745. The molecular weight excluding hydrogens is 174 g/mol. The third kappa shape index (κ3) is 1.66. The lowest BCUT2D eigenvalue weighted by atomic mass is 10.2. The van der Waals surface area contributed by atoms with Gasteiger partial charge >= 0.3 is 0 Å². The molecule has 3 nitrogen and oxygen atoms in total. The van der Waals surface area contributed by atoms with Crippen LogP contribution in [-0.4, -0.2) is 15.0 Å². The predicted octanol–water partition coefficient (Wildman–Crippen LogP) is 2.14. The summed E-state index contributed by atoms with van der Waals surface area (Å²) in [5.41, 5.74) is 3.28. The van der Waals surface area contributed by atoms with Crippen LogP contribution in [0.3, 0.4) is 0 Å². The molecule has 72 valence electrons. The highest BCUT2D eigenvalue weighted by Gasteiger charge is 1.98. The second kappa shape index (κ2) is 3.62. The number of nitrogens with zero attached hydrogens (tertiary/aromatic N) is 3. The average molecular weight is 187 g/mol. The fourth-order valence-corrected chi connectivity index (χ4v) is 1.33. The maximum atomic E-state index is 4.24. The molecule has 0 aliphatic heterocycles. The summed E-state index contributed by atoms with van der Waals surface area (Å²) >= 11 is 0. The molecule has 0 N–H and O–H groups in total. The Morgan fingerprint density at radius 3 is 2.43 bits per heavy atom. The topological polar surface area (TPSA) is 30.7 Å². The molecule has 0 spiro atoms. The zero-order chi connectivity index (χ0) is 9.97. The van der Waals surface area contributed by atoms with Crippen LogP contribution in [0.5, 0.6) is 0 Å². The summed E-state index contributed by atoms with van der Waals surface area (Å²) in [5, 5.41) is 8.39. The van der Waals surface area contributed by atoms with Crippen molar-refractivity contribution in [2.75, 3.05) is 0 Å².